The average Bonchev–Trinajstić information content (AvgIpc) is 2.47. The standard InChI is InChI=1S/C15H12FN3O2/c16-11-4-3-6-13(10(11)8-17)19-15(20)9-21-14-7-2-1-5-12(14)18/h1-7H,9,18H2,(H,19,20). The molecule has 2 aromatic carbocycles. The van der Waals surface area contributed by atoms with Gasteiger partial charge in [-0.15, -0.1) is 0 Å². The van der Waals surface area contributed by atoms with Crippen molar-refractivity contribution >= 4 is 17.3 Å². The van der Waals surface area contributed by atoms with Gasteiger partial charge in [0.1, 0.15) is 23.2 Å². The lowest BCUT2D eigenvalue weighted by Crippen LogP contribution is -2.21. The van der Waals surface area contributed by atoms with Gasteiger partial charge < -0.3 is 15.8 Å². The van der Waals surface area contributed by atoms with E-state index in [0.717, 1.165) is 6.07 Å². The van der Waals surface area contributed by atoms with Crippen molar-refractivity contribution in [3.63, 3.8) is 0 Å². The molecule has 0 radical (unpaired) electrons. The number of anilines is 2. The number of nitriles is 1. The van der Waals surface area contributed by atoms with Crippen molar-refractivity contribution in [1.82, 2.24) is 0 Å². The van der Waals surface area contributed by atoms with Crippen LogP contribution in [-0.2, 0) is 4.79 Å². The molecular formula is C15H12FN3O2. The fourth-order valence-corrected chi connectivity index (χ4v) is 1.68. The van der Waals surface area contributed by atoms with Crippen molar-refractivity contribution in [3.8, 4) is 11.8 Å². The zero-order chi connectivity index (χ0) is 15.2. The summed E-state index contributed by atoms with van der Waals surface area (Å²) in [5, 5.41) is 11.3. The Morgan fingerprint density at radius 3 is 2.76 bits per heavy atom. The molecule has 0 saturated carbocycles. The number of hydrogen-bond acceptors (Lipinski definition) is 4. The number of halogens is 1. The fourth-order valence-electron chi connectivity index (χ4n) is 1.68. The van der Waals surface area contributed by atoms with Gasteiger partial charge in [-0.1, -0.05) is 18.2 Å². The van der Waals surface area contributed by atoms with E-state index in [1.807, 2.05) is 0 Å². The highest BCUT2D eigenvalue weighted by molar-refractivity contribution is 5.93. The third-order valence-electron chi connectivity index (χ3n) is 2.68. The number of carbonyl (C=O) groups is 1. The summed E-state index contributed by atoms with van der Waals surface area (Å²) in [6, 6.07) is 12.4. The lowest BCUT2D eigenvalue weighted by atomic mass is 10.2. The summed E-state index contributed by atoms with van der Waals surface area (Å²) >= 11 is 0. The Labute approximate surface area is 120 Å². The van der Waals surface area contributed by atoms with Crippen LogP contribution in [0.3, 0.4) is 0 Å². The van der Waals surface area contributed by atoms with E-state index in [1.165, 1.54) is 12.1 Å². The van der Waals surface area contributed by atoms with Crippen LogP contribution in [0.5, 0.6) is 5.75 Å². The van der Waals surface area contributed by atoms with Crippen LogP contribution in [0.1, 0.15) is 5.56 Å². The minimum atomic E-state index is -0.691. The molecule has 5 nitrogen and oxygen atoms in total. The van der Waals surface area contributed by atoms with Crippen LogP contribution in [0.15, 0.2) is 42.5 Å². The average molecular weight is 285 g/mol. The topological polar surface area (TPSA) is 88.1 Å². The number of amides is 1. The highest BCUT2D eigenvalue weighted by Gasteiger charge is 2.11. The molecule has 1 amide bonds. The van der Waals surface area contributed by atoms with Crippen molar-refractivity contribution in [2.45, 2.75) is 0 Å². The molecule has 6 heteroatoms. The lowest BCUT2D eigenvalue weighted by Gasteiger charge is -2.10. The largest absolute Gasteiger partial charge is 0.482 e. The molecule has 0 saturated heterocycles. The number of hydrogen-bond donors (Lipinski definition) is 2. The molecule has 21 heavy (non-hydrogen) atoms. The van der Waals surface area contributed by atoms with Crippen LogP contribution >= 0.6 is 0 Å². The van der Waals surface area contributed by atoms with E-state index in [4.69, 9.17) is 15.7 Å². The molecular weight excluding hydrogens is 273 g/mol. The summed E-state index contributed by atoms with van der Waals surface area (Å²) in [4.78, 5) is 11.8. The maximum absolute atomic E-state index is 13.4. The SMILES string of the molecule is N#Cc1c(F)cccc1NC(=O)COc1ccccc1N. The Morgan fingerprint density at radius 2 is 2.05 bits per heavy atom. The van der Waals surface area contributed by atoms with Crippen LogP contribution in [0, 0.1) is 17.1 Å². The molecule has 106 valence electrons. The minimum absolute atomic E-state index is 0.104. The smallest absolute Gasteiger partial charge is 0.262 e. The maximum atomic E-state index is 13.4. The molecule has 0 fully saturated rings. The van der Waals surface area contributed by atoms with Crippen LogP contribution in [0.25, 0.3) is 0 Å². The number of carbonyl (C=O) groups excluding carboxylic acids is 1. The molecule has 0 spiro atoms. The molecule has 0 aliphatic heterocycles. The Morgan fingerprint density at radius 1 is 1.29 bits per heavy atom. The van der Waals surface area contributed by atoms with E-state index >= 15 is 0 Å². The van der Waals surface area contributed by atoms with Gasteiger partial charge in [-0.3, -0.25) is 4.79 Å². The molecule has 2 aromatic rings. The highest BCUT2D eigenvalue weighted by Crippen LogP contribution is 2.20. The first-order valence-corrected chi connectivity index (χ1v) is 6.07. The fraction of sp³-hybridized carbons (Fsp3) is 0.0667. The summed E-state index contributed by atoms with van der Waals surface area (Å²) in [6.07, 6.45) is 0. The Hall–Kier alpha value is -3.07. The Bertz CT molecular complexity index is 710. The number of nitrogen functional groups attached to an aromatic ring is 1. The molecule has 0 aromatic heterocycles. The van der Waals surface area contributed by atoms with Crippen molar-refractivity contribution in [1.29, 1.82) is 5.26 Å². The van der Waals surface area contributed by atoms with Gasteiger partial charge in [0.25, 0.3) is 5.91 Å². The molecule has 3 N–H and O–H groups in total. The second-order valence-corrected chi connectivity index (χ2v) is 4.15. The first-order valence-electron chi connectivity index (χ1n) is 6.07. The summed E-state index contributed by atoms with van der Waals surface area (Å²) in [6.45, 7) is -0.296. The van der Waals surface area contributed by atoms with Crippen LogP contribution in [0.2, 0.25) is 0 Å². The zero-order valence-corrected chi connectivity index (χ0v) is 11.0. The van der Waals surface area contributed by atoms with Gasteiger partial charge in [0.15, 0.2) is 6.61 Å². The van der Waals surface area contributed by atoms with Gasteiger partial charge in [-0.25, -0.2) is 4.39 Å². The molecule has 0 heterocycles. The van der Waals surface area contributed by atoms with Gasteiger partial charge in [0, 0.05) is 0 Å². The number of nitrogens with two attached hydrogens (primary N) is 1. The second kappa shape index (κ2) is 6.39. The van der Waals surface area contributed by atoms with Crippen LogP contribution in [-0.4, -0.2) is 12.5 Å². The van der Waals surface area contributed by atoms with Crippen molar-refractivity contribution in [2.75, 3.05) is 17.7 Å². The summed E-state index contributed by atoms with van der Waals surface area (Å²) in [5.41, 5.74) is 5.97. The van der Waals surface area contributed by atoms with E-state index in [-0.39, 0.29) is 17.9 Å². The Balaban J connectivity index is 2.02. The summed E-state index contributed by atoms with van der Waals surface area (Å²) < 4.78 is 18.6. The number of rotatable bonds is 4. The monoisotopic (exact) mass is 285 g/mol. The summed E-state index contributed by atoms with van der Waals surface area (Å²) in [5.74, 6) is -0.823. The van der Waals surface area contributed by atoms with Crippen molar-refractivity contribution < 1.29 is 13.9 Å². The minimum Gasteiger partial charge on any atom is -0.482 e. The van der Waals surface area contributed by atoms with E-state index in [9.17, 15) is 9.18 Å². The van der Waals surface area contributed by atoms with Crippen molar-refractivity contribution in [2.24, 2.45) is 0 Å². The normalized spacial score (nSPS) is 9.71. The zero-order valence-electron chi connectivity index (χ0n) is 11.0. The van der Waals surface area contributed by atoms with Gasteiger partial charge in [0.2, 0.25) is 0 Å². The quantitative estimate of drug-likeness (QED) is 0.844. The number of benzene rings is 2. The van der Waals surface area contributed by atoms with Gasteiger partial charge in [-0.05, 0) is 24.3 Å². The predicted octanol–water partition coefficient (Wildman–Crippen LogP) is 2.30. The van der Waals surface area contributed by atoms with Gasteiger partial charge in [-0.2, -0.15) is 5.26 Å². The lowest BCUT2D eigenvalue weighted by molar-refractivity contribution is -0.118. The molecule has 0 aliphatic rings. The summed E-state index contributed by atoms with van der Waals surface area (Å²) in [7, 11) is 0. The van der Waals surface area contributed by atoms with E-state index in [0.29, 0.717) is 11.4 Å². The number of para-hydroxylation sites is 2. The van der Waals surface area contributed by atoms with E-state index in [1.54, 1.807) is 30.3 Å². The first-order chi connectivity index (χ1) is 10.1. The molecule has 0 atom stereocenters. The van der Waals surface area contributed by atoms with Crippen LogP contribution < -0.4 is 15.8 Å². The molecule has 0 bridgehead atoms. The van der Waals surface area contributed by atoms with E-state index in [2.05, 4.69) is 5.32 Å². The van der Waals surface area contributed by atoms with Crippen molar-refractivity contribution in [3.05, 3.63) is 53.8 Å². The number of nitrogens with one attached hydrogen (secondary N) is 1. The molecule has 0 unspecified atom stereocenters. The van der Waals surface area contributed by atoms with Gasteiger partial charge in [0.05, 0.1) is 11.4 Å². The van der Waals surface area contributed by atoms with Crippen LogP contribution in [0.4, 0.5) is 15.8 Å². The first kappa shape index (κ1) is 14.3. The third kappa shape index (κ3) is 3.48. The Kier molecular flexibility index (Phi) is 4.36. The van der Waals surface area contributed by atoms with Gasteiger partial charge >= 0.3 is 0 Å². The third-order valence-corrected chi connectivity index (χ3v) is 2.68. The molecule has 2 rings (SSSR count). The number of nitrogens with zero attached hydrogens (tertiary/aromatic N) is 1. The number of ether oxygens (including phenoxy) is 1. The second-order valence-electron chi connectivity index (χ2n) is 4.15. The molecule has 0 aliphatic carbocycles. The highest BCUT2D eigenvalue weighted by atomic mass is 19.1. The van der Waals surface area contributed by atoms with E-state index < -0.39 is 11.7 Å². The maximum Gasteiger partial charge on any atom is 0.262 e. The predicted molar refractivity (Wildman–Crippen MR) is 76.1 cm³/mol.